The van der Waals surface area contributed by atoms with Crippen LogP contribution in [0, 0.1) is 5.41 Å². The number of hydrogen-bond donors (Lipinski definition) is 2. The zero-order valence-electron chi connectivity index (χ0n) is 12.3. The van der Waals surface area contributed by atoms with Crippen LogP contribution in [0.25, 0.3) is 0 Å². The molecule has 0 fully saturated rings. The highest BCUT2D eigenvalue weighted by molar-refractivity contribution is 5.94. The Kier molecular flexibility index (Phi) is 6.52. The Morgan fingerprint density at radius 3 is 2.11 bits per heavy atom. The van der Waals surface area contributed by atoms with Crippen LogP contribution in [0.4, 0.5) is 4.79 Å². The number of nitrogens with one attached hydrogen (secondary N) is 1. The topological polar surface area (TPSA) is 86.7 Å². The van der Waals surface area contributed by atoms with Crippen molar-refractivity contribution in [1.82, 2.24) is 10.2 Å². The number of carboxylic acid groups (broad SMARTS) is 1. The predicted molar refractivity (Wildman–Crippen MR) is 71.7 cm³/mol. The first-order chi connectivity index (χ1) is 8.59. The number of amides is 3. The van der Waals surface area contributed by atoms with Gasteiger partial charge in [-0.15, -0.1) is 0 Å². The van der Waals surface area contributed by atoms with Gasteiger partial charge in [-0.3, -0.25) is 14.9 Å². The molecule has 0 aliphatic carbocycles. The van der Waals surface area contributed by atoms with Crippen LogP contribution in [0.15, 0.2) is 0 Å². The fourth-order valence-electron chi connectivity index (χ4n) is 1.89. The summed E-state index contributed by atoms with van der Waals surface area (Å²) < 4.78 is 0. The van der Waals surface area contributed by atoms with Gasteiger partial charge in [-0.25, -0.2) is 4.79 Å². The molecule has 0 atom stereocenters. The summed E-state index contributed by atoms with van der Waals surface area (Å²) >= 11 is 0. The van der Waals surface area contributed by atoms with Crippen molar-refractivity contribution in [2.24, 2.45) is 5.41 Å². The van der Waals surface area contributed by atoms with Crippen LogP contribution in [-0.2, 0) is 9.59 Å². The van der Waals surface area contributed by atoms with E-state index in [1.54, 1.807) is 13.8 Å². The van der Waals surface area contributed by atoms with Gasteiger partial charge in [0, 0.05) is 19.0 Å². The first-order valence-corrected chi connectivity index (χ1v) is 6.41. The van der Waals surface area contributed by atoms with Crippen LogP contribution >= 0.6 is 0 Å². The maximum Gasteiger partial charge on any atom is 0.324 e. The molecule has 0 aliphatic heterocycles. The van der Waals surface area contributed by atoms with Gasteiger partial charge in [-0.1, -0.05) is 13.8 Å². The summed E-state index contributed by atoms with van der Waals surface area (Å²) in [6, 6.07) is -0.432. The molecule has 0 bridgehead atoms. The molecular formula is C13H24N2O4. The summed E-state index contributed by atoms with van der Waals surface area (Å²) in [6.45, 7) is 9.44. The fraction of sp³-hybridized carbons (Fsp3) is 0.769. The van der Waals surface area contributed by atoms with E-state index < -0.39 is 23.3 Å². The first-order valence-electron chi connectivity index (χ1n) is 6.41. The summed E-state index contributed by atoms with van der Waals surface area (Å²) in [7, 11) is 0. The van der Waals surface area contributed by atoms with Crippen molar-refractivity contribution in [3.05, 3.63) is 0 Å². The highest BCUT2D eigenvalue weighted by atomic mass is 16.4. The van der Waals surface area contributed by atoms with E-state index in [9.17, 15) is 14.4 Å². The molecule has 110 valence electrons. The number of aliphatic carboxylic acids is 1. The van der Waals surface area contributed by atoms with E-state index in [1.165, 1.54) is 4.90 Å². The Bertz CT molecular complexity index is 351. The van der Waals surface area contributed by atoms with Gasteiger partial charge in [0.05, 0.1) is 6.42 Å². The number of carboxylic acids is 1. The summed E-state index contributed by atoms with van der Waals surface area (Å²) in [5.74, 6) is -1.41. The van der Waals surface area contributed by atoms with Gasteiger partial charge in [-0.05, 0) is 26.2 Å². The van der Waals surface area contributed by atoms with Crippen LogP contribution in [0.5, 0.6) is 0 Å². The van der Waals surface area contributed by atoms with Gasteiger partial charge in [0.2, 0.25) is 5.91 Å². The quantitative estimate of drug-likeness (QED) is 0.772. The number of carbonyl (C=O) groups excluding carboxylic acids is 2. The van der Waals surface area contributed by atoms with Gasteiger partial charge < -0.3 is 10.0 Å². The van der Waals surface area contributed by atoms with Crippen LogP contribution in [0.3, 0.4) is 0 Å². The smallest absolute Gasteiger partial charge is 0.324 e. The lowest BCUT2D eigenvalue weighted by atomic mass is 9.85. The van der Waals surface area contributed by atoms with Crippen LogP contribution < -0.4 is 5.32 Å². The van der Waals surface area contributed by atoms with E-state index >= 15 is 0 Å². The third-order valence-electron chi connectivity index (χ3n) is 2.74. The molecule has 0 spiro atoms. The summed E-state index contributed by atoms with van der Waals surface area (Å²) in [5, 5.41) is 11.0. The maximum atomic E-state index is 11.8. The SMILES string of the molecule is CCN(C(=O)NC(=O)CC(C)(C)CC(=O)O)C(C)C. The van der Waals surface area contributed by atoms with Crippen molar-refractivity contribution in [2.75, 3.05) is 6.54 Å². The highest BCUT2D eigenvalue weighted by Crippen LogP contribution is 2.24. The van der Waals surface area contributed by atoms with E-state index in [4.69, 9.17) is 5.11 Å². The molecule has 0 saturated carbocycles. The number of imide groups is 1. The summed E-state index contributed by atoms with van der Waals surface area (Å²) in [6.07, 6.45) is -0.114. The monoisotopic (exact) mass is 272 g/mol. The Hall–Kier alpha value is -1.59. The third kappa shape index (κ3) is 6.79. The van der Waals surface area contributed by atoms with Crippen LogP contribution in [-0.4, -0.2) is 40.5 Å². The lowest BCUT2D eigenvalue weighted by Crippen LogP contribution is -2.46. The minimum Gasteiger partial charge on any atom is -0.481 e. The van der Waals surface area contributed by atoms with Gasteiger partial charge in [-0.2, -0.15) is 0 Å². The normalized spacial score (nSPS) is 11.3. The van der Waals surface area contributed by atoms with Gasteiger partial charge in [0.25, 0.3) is 0 Å². The third-order valence-corrected chi connectivity index (χ3v) is 2.74. The number of nitrogens with zero attached hydrogens (tertiary/aromatic N) is 1. The van der Waals surface area contributed by atoms with E-state index in [2.05, 4.69) is 5.32 Å². The Morgan fingerprint density at radius 1 is 1.21 bits per heavy atom. The molecule has 19 heavy (non-hydrogen) atoms. The number of carbonyl (C=O) groups is 3. The maximum absolute atomic E-state index is 11.8. The summed E-state index contributed by atoms with van der Waals surface area (Å²) in [4.78, 5) is 35.7. The molecule has 0 aromatic heterocycles. The van der Waals surface area contributed by atoms with Crippen molar-refractivity contribution < 1.29 is 19.5 Å². The fourth-order valence-corrected chi connectivity index (χ4v) is 1.89. The largest absolute Gasteiger partial charge is 0.481 e. The molecule has 0 heterocycles. The highest BCUT2D eigenvalue weighted by Gasteiger charge is 2.27. The predicted octanol–water partition coefficient (Wildman–Crippen LogP) is 1.84. The van der Waals surface area contributed by atoms with Crippen LogP contribution in [0.2, 0.25) is 0 Å². The molecule has 6 heteroatoms. The van der Waals surface area contributed by atoms with Crippen molar-refractivity contribution in [1.29, 1.82) is 0 Å². The van der Waals surface area contributed by atoms with E-state index in [-0.39, 0.29) is 18.9 Å². The molecule has 0 aliphatic rings. The molecule has 0 rings (SSSR count). The van der Waals surface area contributed by atoms with Crippen molar-refractivity contribution >= 4 is 17.9 Å². The Labute approximate surface area is 114 Å². The molecule has 0 unspecified atom stereocenters. The lowest BCUT2D eigenvalue weighted by Gasteiger charge is -2.26. The van der Waals surface area contributed by atoms with E-state index in [0.717, 1.165) is 0 Å². The second-order valence-corrected chi connectivity index (χ2v) is 5.64. The molecular weight excluding hydrogens is 248 g/mol. The van der Waals surface area contributed by atoms with Gasteiger partial charge in [0.15, 0.2) is 0 Å². The number of hydrogen-bond acceptors (Lipinski definition) is 3. The molecule has 0 aromatic rings. The number of urea groups is 1. The molecule has 0 radical (unpaired) electrons. The first kappa shape index (κ1) is 17.4. The van der Waals surface area contributed by atoms with Crippen molar-refractivity contribution in [2.45, 2.75) is 53.5 Å². The lowest BCUT2D eigenvalue weighted by molar-refractivity contribution is -0.139. The van der Waals surface area contributed by atoms with Crippen molar-refractivity contribution in [3.63, 3.8) is 0 Å². The zero-order valence-corrected chi connectivity index (χ0v) is 12.3. The van der Waals surface area contributed by atoms with Gasteiger partial charge in [0.1, 0.15) is 0 Å². The van der Waals surface area contributed by atoms with Crippen LogP contribution in [0.1, 0.15) is 47.5 Å². The molecule has 0 aromatic carbocycles. The second kappa shape index (κ2) is 7.11. The van der Waals surface area contributed by atoms with E-state index in [1.807, 2.05) is 20.8 Å². The van der Waals surface area contributed by atoms with E-state index in [0.29, 0.717) is 6.54 Å². The molecule has 3 amide bonds. The van der Waals surface area contributed by atoms with Gasteiger partial charge >= 0.3 is 12.0 Å². The standard InChI is InChI=1S/C13H24N2O4/c1-6-15(9(2)3)12(19)14-10(16)7-13(4,5)8-11(17)18/h9H,6-8H2,1-5H3,(H,17,18)(H,14,16,19). The average Bonchev–Trinajstić information content (AvgIpc) is 2.13. The minimum absolute atomic E-state index is 0.000684. The average molecular weight is 272 g/mol. The summed E-state index contributed by atoms with van der Waals surface area (Å²) in [5.41, 5.74) is -0.676. The minimum atomic E-state index is -0.957. The Morgan fingerprint density at radius 2 is 1.74 bits per heavy atom. The van der Waals surface area contributed by atoms with Crippen molar-refractivity contribution in [3.8, 4) is 0 Å². The number of rotatable bonds is 6. The Balaban J connectivity index is 4.46. The zero-order chi connectivity index (χ0) is 15.2. The molecule has 6 nitrogen and oxygen atoms in total. The molecule has 2 N–H and O–H groups in total. The molecule has 0 saturated heterocycles. The second-order valence-electron chi connectivity index (χ2n) is 5.64.